The van der Waals surface area contributed by atoms with E-state index in [2.05, 4.69) is 15.9 Å². The highest BCUT2D eigenvalue weighted by Crippen LogP contribution is 2.41. The Morgan fingerprint density at radius 2 is 1.60 bits per heavy atom. The maximum Gasteiger partial charge on any atom is 0.310 e. The molecule has 3 rings (SSSR count). The fourth-order valence-corrected chi connectivity index (χ4v) is 3.48. The number of benzene rings is 2. The summed E-state index contributed by atoms with van der Waals surface area (Å²) in [5.41, 5.74) is 2.68. The van der Waals surface area contributed by atoms with Gasteiger partial charge in [0.2, 0.25) is 0 Å². The Bertz CT molecular complexity index is 639. The van der Waals surface area contributed by atoms with Crippen molar-refractivity contribution >= 4 is 21.9 Å². The molecular weight excluding hydrogens is 316 g/mol. The Kier molecular flexibility index (Phi) is 3.38. The number of halogens is 1. The fourth-order valence-electron chi connectivity index (χ4n) is 3.05. The van der Waals surface area contributed by atoms with Gasteiger partial charge in [-0.1, -0.05) is 58.4 Å². The molecule has 1 aliphatic rings. The highest BCUT2D eigenvalue weighted by molar-refractivity contribution is 9.10. The van der Waals surface area contributed by atoms with Gasteiger partial charge in [0.25, 0.3) is 0 Å². The predicted octanol–water partition coefficient (Wildman–Crippen LogP) is 3.86. The summed E-state index contributed by atoms with van der Waals surface area (Å²) in [6.07, 6.45) is 1.78. The molecule has 2 aromatic carbocycles. The second kappa shape index (κ2) is 5.06. The Hall–Kier alpha value is -1.61. The summed E-state index contributed by atoms with van der Waals surface area (Å²) in [5.74, 6) is -0.704. The van der Waals surface area contributed by atoms with Gasteiger partial charge >= 0.3 is 5.97 Å². The zero-order valence-electron chi connectivity index (χ0n) is 11.0. The summed E-state index contributed by atoms with van der Waals surface area (Å²) in [6.45, 7) is 0. The van der Waals surface area contributed by atoms with Gasteiger partial charge in [-0.25, -0.2) is 0 Å². The van der Waals surface area contributed by atoms with Crippen molar-refractivity contribution in [1.29, 1.82) is 0 Å². The number of fused-ring (bicyclic) bond motifs is 1. The molecule has 0 atom stereocenters. The summed E-state index contributed by atoms with van der Waals surface area (Å²) >= 11 is 3.52. The number of aliphatic carboxylic acids is 1. The van der Waals surface area contributed by atoms with E-state index in [0.29, 0.717) is 19.3 Å². The van der Waals surface area contributed by atoms with E-state index in [1.807, 2.05) is 48.5 Å². The van der Waals surface area contributed by atoms with Crippen molar-refractivity contribution in [3.05, 3.63) is 69.7 Å². The monoisotopic (exact) mass is 330 g/mol. The lowest BCUT2D eigenvalue weighted by Crippen LogP contribution is -2.34. The summed E-state index contributed by atoms with van der Waals surface area (Å²) < 4.78 is 0.983. The molecule has 2 aromatic rings. The molecule has 2 nitrogen and oxygen atoms in total. The predicted molar refractivity (Wildman–Crippen MR) is 81.8 cm³/mol. The van der Waals surface area contributed by atoms with Gasteiger partial charge in [0, 0.05) is 4.47 Å². The molecule has 3 heteroatoms. The third kappa shape index (κ3) is 2.27. The molecule has 0 fully saturated rings. The van der Waals surface area contributed by atoms with E-state index in [9.17, 15) is 9.90 Å². The molecule has 0 radical (unpaired) electrons. The topological polar surface area (TPSA) is 37.3 Å². The van der Waals surface area contributed by atoms with Crippen LogP contribution in [-0.2, 0) is 24.1 Å². The molecule has 20 heavy (non-hydrogen) atoms. The van der Waals surface area contributed by atoms with Crippen LogP contribution in [0.2, 0.25) is 0 Å². The van der Waals surface area contributed by atoms with Crippen LogP contribution in [0.15, 0.2) is 53.0 Å². The van der Waals surface area contributed by atoms with Crippen LogP contribution in [0.4, 0.5) is 0 Å². The third-order valence-electron chi connectivity index (χ3n) is 4.12. The minimum atomic E-state index is -0.715. The van der Waals surface area contributed by atoms with Gasteiger partial charge in [-0.3, -0.25) is 4.79 Å². The van der Waals surface area contributed by atoms with Crippen molar-refractivity contribution in [3.8, 4) is 0 Å². The average Bonchev–Trinajstić information content (AvgIpc) is 2.81. The average molecular weight is 331 g/mol. The highest BCUT2D eigenvalue weighted by atomic mass is 79.9. The molecular formula is C17H15BrO2. The second-order valence-corrected chi connectivity index (χ2v) is 6.33. The maximum atomic E-state index is 11.9. The molecule has 0 aromatic heterocycles. The van der Waals surface area contributed by atoms with Crippen molar-refractivity contribution < 1.29 is 9.90 Å². The van der Waals surface area contributed by atoms with Crippen LogP contribution in [-0.4, -0.2) is 11.1 Å². The number of carbonyl (C=O) groups is 1. The lowest BCUT2D eigenvalue weighted by Gasteiger charge is -2.24. The number of carboxylic acid groups (broad SMARTS) is 1. The molecule has 0 amide bonds. The highest BCUT2D eigenvalue weighted by Gasteiger charge is 2.44. The van der Waals surface area contributed by atoms with Crippen molar-refractivity contribution in [2.24, 2.45) is 5.41 Å². The number of hydrogen-bond donors (Lipinski definition) is 1. The van der Waals surface area contributed by atoms with Crippen molar-refractivity contribution in [2.75, 3.05) is 0 Å². The molecule has 0 spiro atoms. The van der Waals surface area contributed by atoms with E-state index in [1.165, 1.54) is 11.1 Å². The quantitative estimate of drug-likeness (QED) is 0.927. The van der Waals surface area contributed by atoms with Crippen LogP contribution >= 0.6 is 15.9 Å². The molecule has 0 unspecified atom stereocenters. The SMILES string of the molecule is O=C(O)C1(Cc2ccccc2Br)Cc2ccccc2C1. The summed E-state index contributed by atoms with van der Waals surface area (Å²) in [7, 11) is 0. The molecule has 1 aliphatic carbocycles. The fraction of sp³-hybridized carbons (Fsp3) is 0.235. The Labute approximate surface area is 126 Å². The summed E-state index contributed by atoms with van der Waals surface area (Å²) in [6, 6.07) is 15.9. The third-order valence-corrected chi connectivity index (χ3v) is 4.89. The number of hydrogen-bond acceptors (Lipinski definition) is 1. The first-order valence-electron chi connectivity index (χ1n) is 6.64. The van der Waals surface area contributed by atoms with Crippen LogP contribution in [0.25, 0.3) is 0 Å². The van der Waals surface area contributed by atoms with Crippen LogP contribution in [0.3, 0.4) is 0 Å². The second-order valence-electron chi connectivity index (χ2n) is 5.48. The van der Waals surface area contributed by atoms with Crippen LogP contribution < -0.4 is 0 Å². The Balaban J connectivity index is 1.96. The minimum Gasteiger partial charge on any atom is -0.481 e. The van der Waals surface area contributed by atoms with Crippen LogP contribution in [0, 0.1) is 5.41 Å². The Morgan fingerprint density at radius 1 is 1.05 bits per heavy atom. The number of carboxylic acids is 1. The first kappa shape index (κ1) is 13.4. The van der Waals surface area contributed by atoms with Gasteiger partial charge in [-0.15, -0.1) is 0 Å². The molecule has 102 valence electrons. The van der Waals surface area contributed by atoms with Crippen molar-refractivity contribution in [1.82, 2.24) is 0 Å². The van der Waals surface area contributed by atoms with E-state index < -0.39 is 11.4 Å². The smallest absolute Gasteiger partial charge is 0.310 e. The van der Waals surface area contributed by atoms with Crippen molar-refractivity contribution in [3.63, 3.8) is 0 Å². The largest absolute Gasteiger partial charge is 0.481 e. The molecule has 0 aliphatic heterocycles. The Morgan fingerprint density at radius 3 is 2.15 bits per heavy atom. The summed E-state index contributed by atoms with van der Waals surface area (Å²) in [5, 5.41) is 9.77. The first-order valence-corrected chi connectivity index (χ1v) is 7.44. The van der Waals surface area contributed by atoms with Gasteiger partial charge in [0.05, 0.1) is 5.41 Å². The zero-order chi connectivity index (χ0) is 14.2. The van der Waals surface area contributed by atoms with Gasteiger partial charge in [-0.05, 0) is 42.0 Å². The molecule has 0 saturated carbocycles. The van der Waals surface area contributed by atoms with Gasteiger partial charge in [0.15, 0.2) is 0 Å². The maximum absolute atomic E-state index is 11.9. The standard InChI is InChI=1S/C17H15BrO2/c18-15-8-4-3-7-14(15)11-17(16(19)20)9-12-5-1-2-6-13(12)10-17/h1-8H,9-11H2,(H,19,20). The van der Waals surface area contributed by atoms with Crippen molar-refractivity contribution in [2.45, 2.75) is 19.3 Å². The molecule has 0 heterocycles. The van der Waals surface area contributed by atoms with Gasteiger partial charge in [-0.2, -0.15) is 0 Å². The van der Waals surface area contributed by atoms with Gasteiger partial charge in [0.1, 0.15) is 0 Å². The van der Waals surface area contributed by atoms with E-state index >= 15 is 0 Å². The van der Waals surface area contributed by atoms with E-state index in [-0.39, 0.29) is 0 Å². The first-order chi connectivity index (χ1) is 9.61. The summed E-state index contributed by atoms with van der Waals surface area (Å²) in [4.78, 5) is 11.9. The molecule has 0 saturated heterocycles. The lowest BCUT2D eigenvalue weighted by molar-refractivity contribution is -0.148. The van der Waals surface area contributed by atoms with Gasteiger partial charge < -0.3 is 5.11 Å². The van der Waals surface area contributed by atoms with Crippen LogP contribution in [0.1, 0.15) is 16.7 Å². The zero-order valence-corrected chi connectivity index (χ0v) is 12.6. The van der Waals surface area contributed by atoms with E-state index in [4.69, 9.17) is 0 Å². The lowest BCUT2D eigenvalue weighted by atomic mass is 9.79. The number of rotatable bonds is 3. The molecule has 1 N–H and O–H groups in total. The van der Waals surface area contributed by atoms with E-state index in [1.54, 1.807) is 0 Å². The van der Waals surface area contributed by atoms with E-state index in [0.717, 1.165) is 10.0 Å². The van der Waals surface area contributed by atoms with Crippen LogP contribution in [0.5, 0.6) is 0 Å². The minimum absolute atomic E-state index is 0.554. The normalized spacial score (nSPS) is 15.8. The molecule has 0 bridgehead atoms.